The van der Waals surface area contributed by atoms with Crippen molar-refractivity contribution in [2.45, 2.75) is 18.9 Å². The Morgan fingerprint density at radius 2 is 1.59 bits per heavy atom. The van der Waals surface area contributed by atoms with Crippen molar-refractivity contribution in [1.29, 1.82) is 0 Å². The zero-order valence-electron chi connectivity index (χ0n) is 15.1. The van der Waals surface area contributed by atoms with E-state index in [4.69, 9.17) is 16.7 Å². The largest absolute Gasteiger partial charge is 0.481 e. The molecule has 6 heteroatoms. The van der Waals surface area contributed by atoms with Gasteiger partial charge in [0.1, 0.15) is 0 Å². The van der Waals surface area contributed by atoms with Gasteiger partial charge in [-0.05, 0) is 24.1 Å². The summed E-state index contributed by atoms with van der Waals surface area (Å²) in [6.45, 7) is 2.60. The summed E-state index contributed by atoms with van der Waals surface area (Å²) in [5, 5.41) is 9.56. The topological polar surface area (TPSA) is 60.9 Å². The standard InChI is InChI=1S/C21H23ClN2O3/c22-18-9-5-4-8-17(18)21(27)24-14-12-23(13-15-24)19(10-11-20(25)26)16-6-2-1-3-7-16/h1-9,19H,10-15H2,(H,25,26)/t19-/m1/s1. The van der Waals surface area contributed by atoms with E-state index in [1.54, 1.807) is 12.1 Å². The van der Waals surface area contributed by atoms with Gasteiger partial charge < -0.3 is 10.0 Å². The Balaban J connectivity index is 1.67. The van der Waals surface area contributed by atoms with E-state index < -0.39 is 5.97 Å². The van der Waals surface area contributed by atoms with Gasteiger partial charge in [-0.3, -0.25) is 14.5 Å². The molecule has 2 aromatic rings. The molecule has 1 aliphatic heterocycles. The maximum Gasteiger partial charge on any atom is 0.303 e. The molecule has 0 aliphatic carbocycles. The van der Waals surface area contributed by atoms with E-state index in [9.17, 15) is 9.59 Å². The van der Waals surface area contributed by atoms with Crippen LogP contribution in [-0.4, -0.2) is 53.0 Å². The highest BCUT2D eigenvalue weighted by Crippen LogP contribution is 2.27. The van der Waals surface area contributed by atoms with Crippen LogP contribution in [0.25, 0.3) is 0 Å². The van der Waals surface area contributed by atoms with E-state index in [-0.39, 0.29) is 18.4 Å². The van der Waals surface area contributed by atoms with Crippen molar-refractivity contribution in [3.8, 4) is 0 Å². The SMILES string of the molecule is O=C(O)CC[C@H](c1ccccc1)N1CCN(C(=O)c2ccccc2Cl)CC1. The number of aliphatic carboxylic acids is 1. The molecule has 0 bridgehead atoms. The fourth-order valence-corrected chi connectivity index (χ4v) is 3.75. The number of hydrogen-bond donors (Lipinski definition) is 1. The first kappa shape index (κ1) is 19.4. The van der Waals surface area contributed by atoms with Gasteiger partial charge in [0.2, 0.25) is 0 Å². The Labute approximate surface area is 164 Å². The van der Waals surface area contributed by atoms with Crippen molar-refractivity contribution in [3.05, 3.63) is 70.7 Å². The number of carboxylic acid groups (broad SMARTS) is 1. The summed E-state index contributed by atoms with van der Waals surface area (Å²) in [4.78, 5) is 27.9. The fraction of sp³-hybridized carbons (Fsp3) is 0.333. The minimum Gasteiger partial charge on any atom is -0.481 e. The van der Waals surface area contributed by atoms with Gasteiger partial charge in [-0.15, -0.1) is 0 Å². The summed E-state index contributed by atoms with van der Waals surface area (Å²) in [7, 11) is 0. The third kappa shape index (κ3) is 4.87. The molecular formula is C21H23ClN2O3. The highest BCUT2D eigenvalue weighted by molar-refractivity contribution is 6.33. The maximum atomic E-state index is 12.7. The molecule has 1 aliphatic rings. The normalized spacial score (nSPS) is 16.1. The number of halogens is 1. The van der Waals surface area contributed by atoms with Crippen molar-refractivity contribution in [3.63, 3.8) is 0 Å². The van der Waals surface area contributed by atoms with Crippen molar-refractivity contribution >= 4 is 23.5 Å². The van der Waals surface area contributed by atoms with Crippen LogP contribution in [0.3, 0.4) is 0 Å². The van der Waals surface area contributed by atoms with E-state index >= 15 is 0 Å². The highest BCUT2D eigenvalue weighted by Gasteiger charge is 2.28. The van der Waals surface area contributed by atoms with Crippen molar-refractivity contribution < 1.29 is 14.7 Å². The number of rotatable bonds is 6. The lowest BCUT2D eigenvalue weighted by molar-refractivity contribution is -0.137. The van der Waals surface area contributed by atoms with Gasteiger partial charge in [0.25, 0.3) is 5.91 Å². The zero-order valence-corrected chi connectivity index (χ0v) is 15.8. The summed E-state index contributed by atoms with van der Waals surface area (Å²) in [5.74, 6) is -0.842. The first-order chi connectivity index (χ1) is 13.1. The van der Waals surface area contributed by atoms with Crippen LogP contribution in [-0.2, 0) is 4.79 Å². The number of benzene rings is 2. The van der Waals surface area contributed by atoms with E-state index in [1.807, 2.05) is 47.4 Å². The van der Waals surface area contributed by atoms with Crippen LogP contribution >= 0.6 is 11.6 Å². The van der Waals surface area contributed by atoms with Crippen LogP contribution in [0.2, 0.25) is 5.02 Å². The minimum atomic E-state index is -0.788. The molecular weight excluding hydrogens is 364 g/mol. The molecule has 1 amide bonds. The van der Waals surface area contributed by atoms with E-state index in [0.29, 0.717) is 43.2 Å². The number of nitrogens with zero attached hydrogens (tertiary/aromatic N) is 2. The van der Waals surface area contributed by atoms with Gasteiger partial charge in [0, 0.05) is 38.6 Å². The van der Waals surface area contributed by atoms with Crippen molar-refractivity contribution in [2.24, 2.45) is 0 Å². The lowest BCUT2D eigenvalue weighted by Gasteiger charge is -2.39. The predicted molar refractivity (Wildman–Crippen MR) is 105 cm³/mol. The van der Waals surface area contributed by atoms with Gasteiger partial charge in [-0.25, -0.2) is 0 Å². The number of carboxylic acids is 1. The first-order valence-corrected chi connectivity index (χ1v) is 9.48. The summed E-state index contributed by atoms with van der Waals surface area (Å²) in [6, 6.07) is 17.1. The molecule has 27 heavy (non-hydrogen) atoms. The van der Waals surface area contributed by atoms with Gasteiger partial charge in [-0.2, -0.15) is 0 Å². The van der Waals surface area contributed by atoms with E-state index in [1.165, 1.54) is 0 Å². The van der Waals surface area contributed by atoms with Crippen molar-refractivity contribution in [1.82, 2.24) is 9.80 Å². The third-order valence-corrected chi connectivity index (χ3v) is 5.29. The van der Waals surface area contributed by atoms with E-state index in [0.717, 1.165) is 5.56 Å². The minimum absolute atomic E-state index is 0.0415. The van der Waals surface area contributed by atoms with Crippen LogP contribution in [0.5, 0.6) is 0 Å². The van der Waals surface area contributed by atoms with Crippen molar-refractivity contribution in [2.75, 3.05) is 26.2 Å². The summed E-state index contributed by atoms with van der Waals surface area (Å²) in [5.41, 5.74) is 1.64. The van der Waals surface area contributed by atoms with Gasteiger partial charge in [0.15, 0.2) is 0 Å². The van der Waals surface area contributed by atoms with Crippen LogP contribution in [0.15, 0.2) is 54.6 Å². The molecule has 3 rings (SSSR count). The summed E-state index contributed by atoms with van der Waals surface area (Å²) in [6.07, 6.45) is 0.677. The van der Waals surface area contributed by atoms with Gasteiger partial charge in [-0.1, -0.05) is 54.1 Å². The molecule has 0 saturated carbocycles. The molecule has 1 fully saturated rings. The molecule has 2 aromatic carbocycles. The number of carbonyl (C=O) groups is 2. The molecule has 5 nitrogen and oxygen atoms in total. The number of hydrogen-bond acceptors (Lipinski definition) is 3. The van der Waals surface area contributed by atoms with E-state index in [2.05, 4.69) is 4.90 Å². The predicted octanol–water partition coefficient (Wildman–Crippen LogP) is 3.70. The second-order valence-corrected chi connectivity index (χ2v) is 7.07. The smallest absolute Gasteiger partial charge is 0.303 e. The second kappa shape index (κ2) is 9.02. The third-order valence-electron chi connectivity index (χ3n) is 4.96. The monoisotopic (exact) mass is 386 g/mol. The summed E-state index contributed by atoms with van der Waals surface area (Å²) >= 11 is 6.15. The molecule has 0 aromatic heterocycles. The quantitative estimate of drug-likeness (QED) is 0.822. The summed E-state index contributed by atoms with van der Waals surface area (Å²) < 4.78 is 0. The molecule has 1 N–H and O–H groups in total. The zero-order chi connectivity index (χ0) is 19.2. The number of amides is 1. The number of piperazine rings is 1. The first-order valence-electron chi connectivity index (χ1n) is 9.11. The van der Waals surface area contributed by atoms with Crippen LogP contribution in [0.4, 0.5) is 0 Å². The second-order valence-electron chi connectivity index (χ2n) is 6.67. The Morgan fingerprint density at radius 3 is 2.22 bits per heavy atom. The lowest BCUT2D eigenvalue weighted by atomic mass is 9.99. The van der Waals surface area contributed by atoms with Crippen LogP contribution in [0, 0.1) is 0 Å². The Bertz CT molecular complexity index is 789. The van der Waals surface area contributed by atoms with Gasteiger partial charge >= 0.3 is 5.97 Å². The molecule has 1 atom stereocenters. The molecule has 1 heterocycles. The van der Waals surface area contributed by atoms with Crippen LogP contribution in [0.1, 0.15) is 34.8 Å². The lowest BCUT2D eigenvalue weighted by Crippen LogP contribution is -2.49. The Kier molecular flexibility index (Phi) is 6.48. The number of carbonyl (C=O) groups excluding carboxylic acids is 1. The Morgan fingerprint density at radius 1 is 0.963 bits per heavy atom. The fourth-order valence-electron chi connectivity index (χ4n) is 3.54. The average Bonchev–Trinajstić information content (AvgIpc) is 2.69. The van der Waals surface area contributed by atoms with Gasteiger partial charge in [0.05, 0.1) is 10.6 Å². The molecule has 0 spiro atoms. The molecule has 142 valence electrons. The molecule has 1 saturated heterocycles. The molecule has 0 radical (unpaired) electrons. The molecule has 0 unspecified atom stereocenters. The Hall–Kier alpha value is -2.37. The average molecular weight is 387 g/mol. The highest BCUT2D eigenvalue weighted by atomic mass is 35.5. The van der Waals surface area contributed by atoms with Crippen LogP contribution < -0.4 is 0 Å². The maximum absolute atomic E-state index is 12.7.